The minimum absolute atomic E-state index is 0.00402. The maximum Gasteiger partial charge on any atom is 0.192 e. The van der Waals surface area contributed by atoms with Crippen LogP contribution in [0.4, 0.5) is 0 Å². The standard InChI is InChI=1S/C34H46O6Si/c1-33(2,3)41(4,5)39-26-34(25-35)32(38-23-29-19-13-8-14-20-29)31(37-22-28-17-11-7-12-18-28)30(40-34)24-36-21-27-15-9-6-10-16-27/h6-20,30-32,35H,21-26H2,1-5H3/t30-,31-,32+,34+/m1/s1. The summed E-state index contributed by atoms with van der Waals surface area (Å²) in [7, 11) is -2.16. The second-order valence-corrected chi connectivity index (χ2v) is 17.2. The smallest absolute Gasteiger partial charge is 0.192 e. The second-order valence-electron chi connectivity index (χ2n) is 12.4. The Morgan fingerprint density at radius 2 is 1.24 bits per heavy atom. The first-order valence-electron chi connectivity index (χ1n) is 14.5. The van der Waals surface area contributed by atoms with Gasteiger partial charge in [0.1, 0.15) is 23.9 Å². The first-order valence-corrected chi connectivity index (χ1v) is 17.4. The number of ether oxygens (including phenoxy) is 4. The van der Waals surface area contributed by atoms with Crippen LogP contribution < -0.4 is 0 Å². The quantitative estimate of drug-likeness (QED) is 0.220. The second kappa shape index (κ2) is 14.2. The molecule has 0 aromatic heterocycles. The molecule has 0 amide bonds. The van der Waals surface area contributed by atoms with Gasteiger partial charge in [-0.2, -0.15) is 0 Å². The van der Waals surface area contributed by atoms with Gasteiger partial charge in [0.25, 0.3) is 0 Å². The molecular formula is C34H46O6Si. The van der Waals surface area contributed by atoms with Gasteiger partial charge in [0.05, 0.1) is 39.6 Å². The third-order valence-electron chi connectivity index (χ3n) is 8.27. The maximum absolute atomic E-state index is 10.9. The highest BCUT2D eigenvalue weighted by atomic mass is 28.4. The molecule has 0 saturated carbocycles. The summed E-state index contributed by atoms with van der Waals surface area (Å²) < 4.78 is 32.7. The van der Waals surface area contributed by atoms with E-state index in [4.69, 9.17) is 23.4 Å². The van der Waals surface area contributed by atoms with Crippen LogP contribution in [0.1, 0.15) is 37.5 Å². The van der Waals surface area contributed by atoms with E-state index in [1.165, 1.54) is 0 Å². The third kappa shape index (κ3) is 8.35. The molecule has 4 rings (SSSR count). The Morgan fingerprint density at radius 1 is 0.756 bits per heavy atom. The highest BCUT2D eigenvalue weighted by Crippen LogP contribution is 2.41. The van der Waals surface area contributed by atoms with E-state index in [2.05, 4.69) is 33.9 Å². The molecule has 4 atom stereocenters. The van der Waals surface area contributed by atoms with Crippen LogP contribution in [0.2, 0.25) is 18.1 Å². The van der Waals surface area contributed by atoms with Crippen LogP contribution in [-0.2, 0) is 43.2 Å². The van der Waals surface area contributed by atoms with Crippen molar-refractivity contribution in [3.05, 3.63) is 108 Å². The molecule has 1 N–H and O–H groups in total. The van der Waals surface area contributed by atoms with Crippen molar-refractivity contribution in [3.63, 3.8) is 0 Å². The van der Waals surface area contributed by atoms with Crippen molar-refractivity contribution in [1.29, 1.82) is 0 Å². The first kappa shape index (κ1) is 31.6. The Labute approximate surface area is 246 Å². The summed E-state index contributed by atoms with van der Waals surface area (Å²) in [5.74, 6) is 0. The van der Waals surface area contributed by atoms with Gasteiger partial charge < -0.3 is 28.5 Å². The summed E-state index contributed by atoms with van der Waals surface area (Å²) in [5, 5.41) is 10.9. The molecular weight excluding hydrogens is 532 g/mol. The van der Waals surface area contributed by atoms with Crippen molar-refractivity contribution < 1.29 is 28.5 Å². The van der Waals surface area contributed by atoms with E-state index in [1.54, 1.807) is 0 Å². The summed E-state index contributed by atoms with van der Waals surface area (Å²) >= 11 is 0. The van der Waals surface area contributed by atoms with E-state index in [0.29, 0.717) is 26.4 Å². The molecule has 0 bridgehead atoms. The van der Waals surface area contributed by atoms with E-state index in [1.807, 2.05) is 91.0 Å². The van der Waals surface area contributed by atoms with Gasteiger partial charge in [-0.3, -0.25) is 0 Å². The van der Waals surface area contributed by atoms with Crippen LogP contribution in [-0.4, -0.2) is 57.2 Å². The topological polar surface area (TPSA) is 66.4 Å². The number of aliphatic hydroxyl groups excluding tert-OH is 1. The third-order valence-corrected chi connectivity index (χ3v) is 12.8. The van der Waals surface area contributed by atoms with Crippen LogP contribution in [0.15, 0.2) is 91.0 Å². The Morgan fingerprint density at radius 3 is 1.73 bits per heavy atom. The Balaban J connectivity index is 1.60. The minimum atomic E-state index is -2.16. The molecule has 0 aliphatic carbocycles. The van der Waals surface area contributed by atoms with E-state index in [0.717, 1.165) is 16.7 Å². The molecule has 1 aliphatic heterocycles. The lowest BCUT2D eigenvalue weighted by Gasteiger charge is -2.41. The molecule has 1 aliphatic rings. The van der Waals surface area contributed by atoms with Crippen LogP contribution in [0, 0.1) is 0 Å². The van der Waals surface area contributed by atoms with Crippen molar-refractivity contribution >= 4 is 8.32 Å². The highest BCUT2D eigenvalue weighted by Gasteiger charge is 2.57. The molecule has 0 unspecified atom stereocenters. The summed E-state index contributed by atoms with van der Waals surface area (Å²) in [6.45, 7) is 12.5. The molecule has 41 heavy (non-hydrogen) atoms. The van der Waals surface area contributed by atoms with Crippen molar-refractivity contribution in [2.75, 3.05) is 19.8 Å². The van der Waals surface area contributed by atoms with Crippen molar-refractivity contribution in [2.24, 2.45) is 0 Å². The van der Waals surface area contributed by atoms with E-state index < -0.39 is 32.2 Å². The molecule has 222 valence electrons. The van der Waals surface area contributed by atoms with Gasteiger partial charge in [0.2, 0.25) is 0 Å². The number of aliphatic hydroxyl groups is 1. The molecule has 6 nitrogen and oxygen atoms in total. The molecule has 1 saturated heterocycles. The van der Waals surface area contributed by atoms with Crippen molar-refractivity contribution in [3.8, 4) is 0 Å². The minimum Gasteiger partial charge on any atom is -0.414 e. The monoisotopic (exact) mass is 578 g/mol. The zero-order chi connectivity index (χ0) is 29.3. The summed E-state index contributed by atoms with van der Waals surface area (Å²) in [4.78, 5) is 0. The predicted octanol–water partition coefficient (Wildman–Crippen LogP) is 6.53. The average molecular weight is 579 g/mol. The van der Waals surface area contributed by atoms with Crippen molar-refractivity contribution in [1.82, 2.24) is 0 Å². The van der Waals surface area contributed by atoms with Gasteiger partial charge in [0, 0.05) is 0 Å². The molecule has 0 radical (unpaired) electrons. The number of hydrogen-bond acceptors (Lipinski definition) is 6. The maximum atomic E-state index is 10.9. The largest absolute Gasteiger partial charge is 0.414 e. The van der Waals surface area contributed by atoms with Gasteiger partial charge in [-0.15, -0.1) is 0 Å². The lowest BCUT2D eigenvalue weighted by molar-refractivity contribution is -0.158. The summed E-state index contributed by atoms with van der Waals surface area (Å²) in [6.07, 6.45) is -1.52. The van der Waals surface area contributed by atoms with Gasteiger partial charge >= 0.3 is 0 Å². The van der Waals surface area contributed by atoms with Crippen LogP contribution in [0.3, 0.4) is 0 Å². The fourth-order valence-electron chi connectivity index (χ4n) is 4.70. The molecule has 3 aromatic rings. The lowest BCUT2D eigenvalue weighted by atomic mass is 9.95. The number of rotatable bonds is 14. The molecule has 1 fully saturated rings. The normalized spacial score (nSPS) is 23.1. The average Bonchev–Trinajstić information content (AvgIpc) is 3.27. The van der Waals surface area contributed by atoms with Gasteiger partial charge in [-0.25, -0.2) is 0 Å². The van der Waals surface area contributed by atoms with Crippen LogP contribution in [0.5, 0.6) is 0 Å². The number of hydrogen-bond donors (Lipinski definition) is 1. The molecule has 7 heteroatoms. The molecule has 1 heterocycles. The van der Waals surface area contributed by atoms with Crippen LogP contribution >= 0.6 is 0 Å². The van der Waals surface area contributed by atoms with Crippen molar-refractivity contribution in [2.45, 2.75) is 82.6 Å². The SMILES string of the molecule is CC(C)(C)[Si](C)(C)OC[C@]1(CO)O[C@H](COCc2ccccc2)[C@@H](OCc2ccccc2)[C@@H]1OCc1ccccc1. The lowest BCUT2D eigenvalue weighted by Crippen LogP contribution is -2.55. The fourth-order valence-corrected chi connectivity index (χ4v) is 5.74. The Bertz CT molecular complexity index is 1170. The highest BCUT2D eigenvalue weighted by molar-refractivity contribution is 6.74. The Hall–Kier alpha value is -2.36. The van der Waals surface area contributed by atoms with E-state index >= 15 is 0 Å². The molecule has 0 spiro atoms. The predicted molar refractivity (Wildman–Crippen MR) is 164 cm³/mol. The van der Waals surface area contributed by atoms with Gasteiger partial charge in [-0.1, -0.05) is 112 Å². The van der Waals surface area contributed by atoms with Gasteiger partial charge in [-0.05, 0) is 34.8 Å². The summed E-state index contributed by atoms with van der Waals surface area (Å²) in [6, 6.07) is 30.2. The zero-order valence-corrected chi connectivity index (χ0v) is 26.1. The van der Waals surface area contributed by atoms with Crippen LogP contribution in [0.25, 0.3) is 0 Å². The summed E-state index contributed by atoms with van der Waals surface area (Å²) in [5.41, 5.74) is 2.07. The van der Waals surface area contributed by atoms with E-state index in [9.17, 15) is 5.11 Å². The first-order chi connectivity index (χ1) is 19.6. The van der Waals surface area contributed by atoms with E-state index in [-0.39, 0.29) is 18.3 Å². The fraction of sp³-hybridized carbons (Fsp3) is 0.471. The molecule has 3 aromatic carbocycles. The number of benzene rings is 3. The van der Waals surface area contributed by atoms with Gasteiger partial charge in [0.15, 0.2) is 8.32 Å². The zero-order valence-electron chi connectivity index (χ0n) is 25.1. The Kier molecular flexibility index (Phi) is 10.9.